The lowest BCUT2D eigenvalue weighted by Gasteiger charge is -2.18. The molecule has 1 fully saturated rings. The number of hydrogen-bond donors (Lipinski definition) is 1. The van der Waals surface area contributed by atoms with Crippen LogP contribution in [0.15, 0.2) is 102 Å². The Balaban J connectivity index is 1.53. The van der Waals surface area contributed by atoms with Crippen LogP contribution in [0.4, 0.5) is 11.4 Å². The monoisotopic (exact) mass is 543 g/mol. The van der Waals surface area contributed by atoms with Crippen LogP contribution in [0, 0.1) is 11.3 Å². The molecular weight excluding hydrogens is 525 g/mol. The first-order chi connectivity index (χ1) is 18.0. The lowest BCUT2D eigenvalue weighted by atomic mass is 10.1. The molecule has 37 heavy (non-hydrogen) atoms. The number of amides is 2. The first kappa shape index (κ1) is 24.9. The largest absolute Gasteiger partial charge is 0.321 e. The maximum absolute atomic E-state index is 13.6. The van der Waals surface area contributed by atoms with Crippen LogP contribution in [-0.2, 0) is 16.0 Å². The molecule has 2 amide bonds. The molecule has 182 valence electrons. The molecule has 1 N–H and O–H groups in total. The van der Waals surface area contributed by atoms with Gasteiger partial charge in [0, 0.05) is 16.8 Å². The Morgan fingerprint density at radius 3 is 2.43 bits per heavy atom. The van der Waals surface area contributed by atoms with Crippen molar-refractivity contribution in [2.24, 2.45) is 0 Å². The summed E-state index contributed by atoms with van der Waals surface area (Å²) >= 11 is 13.4. The smallest absolute Gasteiger partial charge is 0.269 e. The quantitative estimate of drug-likeness (QED) is 0.213. The summed E-state index contributed by atoms with van der Waals surface area (Å²) in [5.41, 5.74) is 1.86. The number of carbonyl (C=O) groups is 2. The molecule has 0 bridgehead atoms. The zero-order valence-electron chi connectivity index (χ0n) is 19.3. The molecule has 5 rings (SSSR count). The minimum atomic E-state index is -0.578. The Morgan fingerprint density at radius 2 is 1.68 bits per heavy atom. The Bertz CT molecular complexity index is 1590. The molecule has 0 aliphatic carbocycles. The number of para-hydroxylation sites is 1. The highest BCUT2D eigenvalue weighted by molar-refractivity contribution is 8.05. The second-order valence-electron chi connectivity index (χ2n) is 8.34. The second-order valence-corrected chi connectivity index (χ2v) is 10.3. The third-order valence-corrected chi connectivity index (χ3v) is 7.96. The third-order valence-electron chi connectivity index (χ3n) is 5.96. The summed E-state index contributed by atoms with van der Waals surface area (Å²) in [6, 6.07) is 29.5. The van der Waals surface area contributed by atoms with Gasteiger partial charge in [0.05, 0.1) is 15.3 Å². The summed E-state index contributed by atoms with van der Waals surface area (Å²) in [4.78, 5) is 28.5. The van der Waals surface area contributed by atoms with Crippen molar-refractivity contribution >= 4 is 68.9 Å². The van der Waals surface area contributed by atoms with Crippen LogP contribution in [0.2, 0.25) is 10.0 Å². The van der Waals surface area contributed by atoms with E-state index in [1.54, 1.807) is 42.5 Å². The van der Waals surface area contributed by atoms with Gasteiger partial charge in [-0.3, -0.25) is 14.5 Å². The number of nitriles is 1. The van der Waals surface area contributed by atoms with Gasteiger partial charge in [0.25, 0.3) is 5.91 Å². The zero-order chi connectivity index (χ0) is 25.9. The van der Waals surface area contributed by atoms with Crippen molar-refractivity contribution in [3.8, 4) is 6.07 Å². The van der Waals surface area contributed by atoms with Gasteiger partial charge in [-0.2, -0.15) is 5.26 Å². The van der Waals surface area contributed by atoms with E-state index in [2.05, 4.69) is 5.32 Å². The van der Waals surface area contributed by atoms with Crippen molar-refractivity contribution < 1.29 is 9.59 Å². The minimum absolute atomic E-state index is 0.133. The number of hydrogen-bond acceptors (Lipinski definition) is 4. The molecule has 0 aromatic heterocycles. The number of fused-ring (bicyclic) bond motifs is 1. The van der Waals surface area contributed by atoms with Gasteiger partial charge >= 0.3 is 0 Å². The van der Waals surface area contributed by atoms with Gasteiger partial charge in [-0.1, -0.05) is 95.6 Å². The highest BCUT2D eigenvalue weighted by atomic mass is 35.5. The van der Waals surface area contributed by atoms with E-state index in [0.29, 0.717) is 32.9 Å². The van der Waals surface area contributed by atoms with Crippen molar-refractivity contribution in [3.05, 3.63) is 117 Å². The van der Waals surface area contributed by atoms with Gasteiger partial charge in [-0.15, -0.1) is 0 Å². The van der Waals surface area contributed by atoms with E-state index in [0.717, 1.165) is 16.3 Å². The van der Waals surface area contributed by atoms with Crippen molar-refractivity contribution in [2.75, 3.05) is 10.2 Å². The summed E-state index contributed by atoms with van der Waals surface area (Å²) in [7, 11) is 0. The van der Waals surface area contributed by atoms with Gasteiger partial charge in [-0.05, 0) is 47.7 Å². The molecule has 0 unspecified atom stereocenters. The highest BCUT2D eigenvalue weighted by Gasteiger charge is 2.40. The molecular formula is C29H19Cl2N3O2S. The van der Waals surface area contributed by atoms with Crippen molar-refractivity contribution in [3.63, 3.8) is 0 Å². The molecule has 1 heterocycles. The van der Waals surface area contributed by atoms with E-state index in [1.807, 2.05) is 54.6 Å². The number of anilines is 2. The van der Waals surface area contributed by atoms with E-state index in [1.165, 1.54) is 16.7 Å². The minimum Gasteiger partial charge on any atom is -0.321 e. The van der Waals surface area contributed by atoms with Crippen LogP contribution in [0.5, 0.6) is 0 Å². The summed E-state index contributed by atoms with van der Waals surface area (Å²) < 4.78 is 0. The number of halogens is 2. The van der Waals surface area contributed by atoms with Crippen molar-refractivity contribution in [1.29, 1.82) is 5.26 Å². The van der Waals surface area contributed by atoms with Gasteiger partial charge in [0.2, 0.25) is 5.91 Å². The summed E-state index contributed by atoms with van der Waals surface area (Å²) in [5.74, 6) is -0.798. The van der Waals surface area contributed by atoms with E-state index < -0.39 is 11.2 Å². The lowest BCUT2D eigenvalue weighted by Crippen LogP contribution is -2.30. The van der Waals surface area contributed by atoms with Crippen molar-refractivity contribution in [2.45, 2.75) is 11.7 Å². The topological polar surface area (TPSA) is 73.2 Å². The molecule has 1 aliphatic heterocycles. The number of carbonyl (C=O) groups excluding carboxylic acids is 2. The maximum atomic E-state index is 13.6. The summed E-state index contributed by atoms with van der Waals surface area (Å²) in [6.07, 6.45) is 0.358. The first-order valence-electron chi connectivity index (χ1n) is 11.4. The number of benzene rings is 4. The van der Waals surface area contributed by atoms with Crippen LogP contribution in [0.1, 0.15) is 5.56 Å². The van der Waals surface area contributed by atoms with E-state index in [-0.39, 0.29) is 11.5 Å². The Kier molecular flexibility index (Phi) is 7.20. The van der Waals surface area contributed by atoms with E-state index >= 15 is 0 Å². The Hall–Kier alpha value is -3.76. The van der Waals surface area contributed by atoms with Crippen LogP contribution in [0.3, 0.4) is 0 Å². The SMILES string of the molecule is N#C/C(C(=O)Nc1cccc2ccccc12)=C1/S[C@H](Cc2ccc(Cl)c(Cl)c2)C(=O)N1c1ccccc1. The number of nitrogens with one attached hydrogen (secondary N) is 1. The van der Waals surface area contributed by atoms with Gasteiger partial charge in [-0.25, -0.2) is 0 Å². The zero-order valence-corrected chi connectivity index (χ0v) is 21.6. The average molecular weight is 544 g/mol. The molecule has 1 atom stereocenters. The average Bonchev–Trinajstić information content (AvgIpc) is 3.22. The molecule has 8 heteroatoms. The molecule has 4 aromatic carbocycles. The molecule has 0 spiro atoms. The van der Waals surface area contributed by atoms with Gasteiger partial charge < -0.3 is 5.32 Å². The van der Waals surface area contributed by atoms with Gasteiger partial charge in [0.15, 0.2) is 0 Å². The fourth-order valence-electron chi connectivity index (χ4n) is 4.20. The van der Waals surface area contributed by atoms with Crippen LogP contribution in [-0.4, -0.2) is 17.1 Å². The normalized spacial score (nSPS) is 16.5. The highest BCUT2D eigenvalue weighted by Crippen LogP contribution is 2.42. The molecule has 1 aliphatic rings. The van der Waals surface area contributed by atoms with Crippen LogP contribution in [0.25, 0.3) is 10.8 Å². The standard InChI is InChI=1S/C29H19Cl2N3O2S/c30-23-14-13-18(15-24(23)31)16-26-28(36)34(20-9-2-1-3-10-20)29(37-26)22(17-32)27(35)33-25-12-6-8-19-7-4-5-11-21(19)25/h1-15,26H,16H2,(H,33,35)/b29-22-/t26-/m1/s1. The molecule has 0 saturated carbocycles. The summed E-state index contributed by atoms with van der Waals surface area (Å²) in [6.45, 7) is 0. The van der Waals surface area contributed by atoms with Crippen molar-refractivity contribution in [1.82, 2.24) is 0 Å². The van der Waals surface area contributed by atoms with Crippen LogP contribution >= 0.6 is 35.0 Å². The van der Waals surface area contributed by atoms with Crippen LogP contribution < -0.4 is 10.2 Å². The summed E-state index contributed by atoms with van der Waals surface area (Å²) in [5, 5.41) is 15.4. The number of rotatable bonds is 5. The fourth-order valence-corrected chi connectivity index (χ4v) is 5.83. The molecule has 5 nitrogen and oxygen atoms in total. The molecule has 4 aromatic rings. The first-order valence-corrected chi connectivity index (χ1v) is 13.0. The van der Waals surface area contributed by atoms with E-state index in [9.17, 15) is 14.9 Å². The second kappa shape index (κ2) is 10.7. The Labute approximate surface area is 228 Å². The number of nitrogens with zero attached hydrogens (tertiary/aromatic N) is 2. The molecule has 0 radical (unpaired) electrons. The third kappa shape index (κ3) is 5.07. The Morgan fingerprint density at radius 1 is 0.946 bits per heavy atom. The van der Waals surface area contributed by atoms with E-state index in [4.69, 9.17) is 23.2 Å². The maximum Gasteiger partial charge on any atom is 0.269 e. The number of thioether (sulfide) groups is 1. The predicted molar refractivity (Wildman–Crippen MR) is 151 cm³/mol. The predicted octanol–water partition coefficient (Wildman–Crippen LogP) is 7.21. The fraction of sp³-hybridized carbons (Fsp3) is 0.0690. The molecule has 1 saturated heterocycles. The van der Waals surface area contributed by atoms with Gasteiger partial charge in [0.1, 0.15) is 16.7 Å². The lowest BCUT2D eigenvalue weighted by molar-refractivity contribution is -0.117.